The molecule has 0 aliphatic heterocycles. The van der Waals surface area contributed by atoms with Crippen LogP contribution < -0.4 is 5.56 Å². The van der Waals surface area contributed by atoms with Crippen LogP contribution in [-0.4, -0.2) is 34.2 Å². The zero-order chi connectivity index (χ0) is 22.2. The number of H-pyrrole nitrogens is 1. The van der Waals surface area contributed by atoms with Crippen LogP contribution in [0.2, 0.25) is 5.02 Å². The van der Waals surface area contributed by atoms with Crippen molar-refractivity contribution in [1.82, 2.24) is 19.5 Å². The first-order chi connectivity index (χ1) is 14.7. The van der Waals surface area contributed by atoms with E-state index in [-0.39, 0.29) is 15.7 Å². The second-order valence-corrected chi connectivity index (χ2v) is 9.18. The van der Waals surface area contributed by atoms with Gasteiger partial charge < -0.3 is 9.55 Å². The summed E-state index contributed by atoms with van der Waals surface area (Å²) in [5, 5.41) is -0.336. The van der Waals surface area contributed by atoms with Crippen molar-refractivity contribution < 1.29 is 12.8 Å². The summed E-state index contributed by atoms with van der Waals surface area (Å²) in [4.78, 5) is 23.9. The SMILES string of the molecule is CS(=O)(=O)c1nccc(-c2ccn(C(c3ccc(Cl)c(F)c3)c3ccc[nH]3)c(=O)c2)n1. The van der Waals surface area contributed by atoms with Gasteiger partial charge in [0.1, 0.15) is 11.9 Å². The third-order valence-corrected chi connectivity index (χ3v) is 5.83. The Labute approximate surface area is 182 Å². The predicted octanol–water partition coefficient (Wildman–Crippen LogP) is 3.47. The maximum atomic E-state index is 14.1. The minimum Gasteiger partial charge on any atom is -0.363 e. The molecule has 0 saturated carbocycles. The maximum Gasteiger partial charge on any atom is 0.252 e. The van der Waals surface area contributed by atoms with Gasteiger partial charge in [-0.25, -0.2) is 22.8 Å². The lowest BCUT2D eigenvalue weighted by Crippen LogP contribution is -2.25. The summed E-state index contributed by atoms with van der Waals surface area (Å²) in [6, 6.07) is 11.8. The van der Waals surface area contributed by atoms with Crippen molar-refractivity contribution in [3.63, 3.8) is 0 Å². The molecule has 3 heterocycles. The van der Waals surface area contributed by atoms with E-state index >= 15 is 0 Å². The monoisotopic (exact) mass is 458 g/mol. The van der Waals surface area contributed by atoms with Crippen LogP contribution in [0.1, 0.15) is 17.3 Å². The number of nitrogens with one attached hydrogen (secondary N) is 1. The third kappa shape index (κ3) is 4.28. The molecule has 10 heteroatoms. The number of aromatic nitrogens is 4. The first-order valence-corrected chi connectivity index (χ1v) is 11.3. The molecule has 1 N–H and O–H groups in total. The molecule has 31 heavy (non-hydrogen) atoms. The minimum absolute atomic E-state index is 0.0119. The molecule has 0 aliphatic rings. The van der Waals surface area contributed by atoms with E-state index in [0.29, 0.717) is 22.5 Å². The largest absolute Gasteiger partial charge is 0.363 e. The van der Waals surface area contributed by atoms with Crippen LogP contribution in [0.25, 0.3) is 11.3 Å². The van der Waals surface area contributed by atoms with Crippen LogP contribution in [0, 0.1) is 5.82 Å². The fraction of sp³-hybridized carbons (Fsp3) is 0.0952. The number of nitrogens with zero attached hydrogens (tertiary/aromatic N) is 3. The lowest BCUT2D eigenvalue weighted by atomic mass is 10.0. The van der Waals surface area contributed by atoms with E-state index in [1.54, 1.807) is 36.7 Å². The molecule has 4 rings (SSSR count). The number of hydrogen-bond acceptors (Lipinski definition) is 5. The molecular formula is C21H16ClFN4O3S. The molecule has 1 atom stereocenters. The molecule has 0 amide bonds. The van der Waals surface area contributed by atoms with E-state index in [2.05, 4.69) is 15.0 Å². The van der Waals surface area contributed by atoms with Gasteiger partial charge in [0.15, 0.2) is 0 Å². The smallest absolute Gasteiger partial charge is 0.252 e. The quantitative estimate of drug-likeness (QED) is 0.462. The highest BCUT2D eigenvalue weighted by atomic mass is 35.5. The van der Waals surface area contributed by atoms with Crippen molar-refractivity contribution in [1.29, 1.82) is 0 Å². The number of benzene rings is 1. The van der Waals surface area contributed by atoms with E-state index < -0.39 is 21.7 Å². The van der Waals surface area contributed by atoms with Gasteiger partial charge in [0.25, 0.3) is 5.56 Å². The number of sulfone groups is 1. The number of rotatable bonds is 5. The number of pyridine rings is 1. The molecule has 1 unspecified atom stereocenters. The standard InChI is InChI=1S/C21H16ClFN4O3S/c1-31(29,30)21-25-9-6-17(26-21)13-7-10-27(19(28)12-13)20(18-3-2-8-24-18)14-4-5-15(22)16(23)11-14/h2-12,20,24H,1H3. The molecule has 0 radical (unpaired) electrons. The summed E-state index contributed by atoms with van der Waals surface area (Å²) in [5.41, 5.74) is 1.56. The maximum absolute atomic E-state index is 14.1. The van der Waals surface area contributed by atoms with Gasteiger partial charge in [0, 0.05) is 42.2 Å². The number of halogens is 2. The van der Waals surface area contributed by atoms with Crippen LogP contribution in [-0.2, 0) is 9.84 Å². The third-order valence-electron chi connectivity index (χ3n) is 4.66. The second-order valence-electron chi connectivity index (χ2n) is 6.86. The zero-order valence-corrected chi connectivity index (χ0v) is 17.7. The van der Waals surface area contributed by atoms with Gasteiger partial charge in [-0.05, 0) is 42.0 Å². The molecule has 3 aromatic heterocycles. The molecule has 0 spiro atoms. The summed E-state index contributed by atoms with van der Waals surface area (Å²) < 4.78 is 39.0. The first-order valence-electron chi connectivity index (χ1n) is 9.08. The van der Waals surface area contributed by atoms with E-state index in [9.17, 15) is 17.6 Å². The van der Waals surface area contributed by atoms with Gasteiger partial charge in [-0.1, -0.05) is 17.7 Å². The summed E-state index contributed by atoms with van der Waals surface area (Å²) >= 11 is 5.81. The van der Waals surface area contributed by atoms with Crippen molar-refractivity contribution in [2.24, 2.45) is 0 Å². The van der Waals surface area contributed by atoms with Crippen LogP contribution in [0.3, 0.4) is 0 Å². The Hall–Kier alpha value is -3.30. The van der Waals surface area contributed by atoms with Gasteiger partial charge in [-0.2, -0.15) is 0 Å². The molecule has 0 aliphatic carbocycles. The van der Waals surface area contributed by atoms with Gasteiger partial charge in [0.2, 0.25) is 15.0 Å². The van der Waals surface area contributed by atoms with Crippen LogP contribution in [0.5, 0.6) is 0 Å². The van der Waals surface area contributed by atoms with Gasteiger partial charge in [0.05, 0.1) is 10.7 Å². The molecule has 1 aromatic carbocycles. The summed E-state index contributed by atoms with van der Waals surface area (Å²) in [6.07, 6.45) is 5.60. The van der Waals surface area contributed by atoms with Gasteiger partial charge in [-0.15, -0.1) is 0 Å². The highest BCUT2D eigenvalue weighted by molar-refractivity contribution is 7.90. The zero-order valence-electron chi connectivity index (χ0n) is 16.2. The van der Waals surface area contributed by atoms with Crippen molar-refractivity contribution in [2.75, 3.05) is 6.26 Å². The van der Waals surface area contributed by atoms with E-state index in [1.807, 2.05) is 0 Å². The lowest BCUT2D eigenvalue weighted by Gasteiger charge is -2.20. The average molecular weight is 459 g/mol. The Kier molecular flexibility index (Phi) is 5.47. The van der Waals surface area contributed by atoms with Crippen LogP contribution in [0.15, 0.2) is 77.1 Å². The second kappa shape index (κ2) is 8.09. The van der Waals surface area contributed by atoms with Crippen LogP contribution >= 0.6 is 11.6 Å². The Morgan fingerprint density at radius 1 is 1.16 bits per heavy atom. The van der Waals surface area contributed by atoms with Gasteiger partial charge in [-0.3, -0.25) is 4.79 Å². The molecular weight excluding hydrogens is 443 g/mol. The summed E-state index contributed by atoms with van der Waals surface area (Å²) in [7, 11) is -3.59. The fourth-order valence-corrected chi connectivity index (χ4v) is 3.86. The van der Waals surface area contributed by atoms with Gasteiger partial charge >= 0.3 is 0 Å². The molecule has 0 bridgehead atoms. The highest BCUT2D eigenvalue weighted by Crippen LogP contribution is 2.28. The normalized spacial score (nSPS) is 12.6. The average Bonchev–Trinajstić information content (AvgIpc) is 3.26. The number of hydrogen-bond donors (Lipinski definition) is 1. The fourth-order valence-electron chi connectivity index (χ4n) is 3.23. The number of aromatic amines is 1. The molecule has 7 nitrogen and oxygen atoms in total. The lowest BCUT2D eigenvalue weighted by molar-refractivity contribution is 0.593. The summed E-state index contributed by atoms with van der Waals surface area (Å²) in [5.74, 6) is -0.588. The topological polar surface area (TPSA) is 97.7 Å². The predicted molar refractivity (Wildman–Crippen MR) is 114 cm³/mol. The van der Waals surface area contributed by atoms with Crippen molar-refractivity contribution in [3.8, 4) is 11.3 Å². The van der Waals surface area contributed by atoms with Crippen LogP contribution in [0.4, 0.5) is 4.39 Å². The minimum atomic E-state index is -3.59. The van der Waals surface area contributed by atoms with Crippen molar-refractivity contribution in [2.45, 2.75) is 11.2 Å². The Morgan fingerprint density at radius 3 is 2.61 bits per heavy atom. The Morgan fingerprint density at radius 2 is 1.97 bits per heavy atom. The highest BCUT2D eigenvalue weighted by Gasteiger charge is 2.20. The van der Waals surface area contributed by atoms with E-state index in [0.717, 1.165) is 6.26 Å². The van der Waals surface area contributed by atoms with Crippen molar-refractivity contribution >= 4 is 21.4 Å². The molecule has 4 aromatic rings. The first kappa shape index (κ1) is 21.0. The van der Waals surface area contributed by atoms with Crippen molar-refractivity contribution in [3.05, 3.63) is 99.6 Å². The molecule has 158 valence electrons. The van der Waals surface area contributed by atoms with E-state index in [4.69, 9.17) is 11.6 Å². The Balaban J connectivity index is 1.82. The molecule has 0 saturated heterocycles. The molecule has 0 fully saturated rings. The Bertz CT molecular complexity index is 1420. The van der Waals surface area contributed by atoms with E-state index in [1.165, 1.54) is 35.0 Å². The summed E-state index contributed by atoms with van der Waals surface area (Å²) in [6.45, 7) is 0.